The Kier molecular flexibility index (Phi) is 14.0. The summed E-state index contributed by atoms with van der Waals surface area (Å²) in [6.07, 6.45) is 1.94. The molecule has 0 rings (SSSR count). The predicted molar refractivity (Wildman–Crippen MR) is 109 cm³/mol. The van der Waals surface area contributed by atoms with Gasteiger partial charge < -0.3 is 0 Å². The van der Waals surface area contributed by atoms with Crippen LogP contribution in [0.4, 0.5) is 0 Å². The second kappa shape index (κ2) is 13.4. The minimum absolute atomic E-state index is 0.684. The topological polar surface area (TPSA) is 36.9 Å². The fourth-order valence-corrected chi connectivity index (χ4v) is 27.7. The second-order valence-electron chi connectivity index (χ2n) is 6.89. The van der Waals surface area contributed by atoms with Gasteiger partial charge >= 0.3 is 167 Å². The molecule has 0 aromatic carbocycles. The van der Waals surface area contributed by atoms with Crippen molar-refractivity contribution in [3.05, 3.63) is 0 Å². The van der Waals surface area contributed by atoms with E-state index in [-0.39, 0.29) is 0 Å². The molecule has 0 aromatic heterocycles. The molecule has 0 amide bonds. The summed E-state index contributed by atoms with van der Waals surface area (Å²) in [4.78, 5) is 0. The van der Waals surface area contributed by atoms with Gasteiger partial charge in [0.2, 0.25) is 0 Å². The van der Waals surface area contributed by atoms with E-state index in [2.05, 4.69) is 55.4 Å². The summed E-state index contributed by atoms with van der Waals surface area (Å²) in [5, 5.41) is 0. The molecular formula is C18H44O4Si2Zr. The fraction of sp³-hybridized carbons (Fsp3) is 1.00. The zero-order valence-electron chi connectivity index (χ0n) is 18.2. The molecule has 0 saturated carbocycles. The van der Waals surface area contributed by atoms with Gasteiger partial charge in [-0.1, -0.05) is 0 Å². The average molecular weight is 472 g/mol. The molecule has 0 saturated heterocycles. The standard InChI is InChI=1S/2C6H15OSi.2C3H7O.Zr/c2*1-4-8(7,5-2)6-3;2*1-2-3-4;/h2*4-6H2,1-3H3;2*2-3H2,1H3;/q4*-1;+4. The van der Waals surface area contributed by atoms with Crippen LogP contribution in [0.2, 0.25) is 36.3 Å². The normalized spacial score (nSPS) is 13.4. The van der Waals surface area contributed by atoms with E-state index < -0.39 is 38.7 Å². The molecule has 0 aromatic rings. The first-order chi connectivity index (χ1) is 11.9. The molecule has 0 N–H and O–H groups in total. The molecule has 0 atom stereocenters. The summed E-state index contributed by atoms with van der Waals surface area (Å²) in [7, 11) is -3.70. The first-order valence-electron chi connectivity index (χ1n) is 10.6. The summed E-state index contributed by atoms with van der Waals surface area (Å²) in [6.45, 7) is 19.2. The number of hydrogen-bond donors (Lipinski definition) is 0. The van der Waals surface area contributed by atoms with Gasteiger partial charge in [-0.3, -0.25) is 0 Å². The maximum atomic E-state index is 6.96. The Hall–Kier alpha value is 1.16. The molecule has 0 aliphatic heterocycles. The van der Waals surface area contributed by atoms with Crippen molar-refractivity contribution < 1.29 is 32.7 Å². The van der Waals surface area contributed by atoms with Crippen molar-refractivity contribution in [2.45, 2.75) is 104 Å². The van der Waals surface area contributed by atoms with Crippen LogP contribution in [0.5, 0.6) is 0 Å². The van der Waals surface area contributed by atoms with Gasteiger partial charge in [0.25, 0.3) is 0 Å². The Morgan fingerprint density at radius 3 is 1.00 bits per heavy atom. The van der Waals surface area contributed by atoms with Crippen molar-refractivity contribution in [2.24, 2.45) is 0 Å². The van der Waals surface area contributed by atoms with Crippen LogP contribution in [0.3, 0.4) is 0 Å². The van der Waals surface area contributed by atoms with Gasteiger partial charge in [-0.15, -0.1) is 0 Å². The van der Waals surface area contributed by atoms with Crippen molar-refractivity contribution in [3.63, 3.8) is 0 Å². The van der Waals surface area contributed by atoms with Gasteiger partial charge in [0.1, 0.15) is 0 Å². The Morgan fingerprint density at radius 1 is 0.520 bits per heavy atom. The third-order valence-corrected chi connectivity index (χ3v) is 27.4. The van der Waals surface area contributed by atoms with Crippen LogP contribution in [0.1, 0.15) is 68.2 Å². The Morgan fingerprint density at radius 2 is 0.800 bits per heavy atom. The van der Waals surface area contributed by atoms with Gasteiger partial charge in [-0.25, -0.2) is 0 Å². The molecule has 0 aliphatic carbocycles. The Balaban J connectivity index is 5.83. The fourth-order valence-electron chi connectivity index (χ4n) is 3.10. The van der Waals surface area contributed by atoms with Gasteiger partial charge in [0.05, 0.1) is 0 Å². The van der Waals surface area contributed by atoms with E-state index in [0.717, 1.165) is 49.1 Å². The molecule has 0 spiro atoms. The summed E-state index contributed by atoms with van der Waals surface area (Å²) in [6, 6.07) is 6.62. The third kappa shape index (κ3) is 7.96. The molecule has 152 valence electrons. The molecule has 0 aliphatic rings. The Labute approximate surface area is 166 Å². The van der Waals surface area contributed by atoms with Crippen LogP contribution in [0, 0.1) is 0 Å². The maximum absolute atomic E-state index is 6.96. The van der Waals surface area contributed by atoms with Crippen LogP contribution in [-0.4, -0.2) is 29.8 Å². The number of hydrogen-bond acceptors (Lipinski definition) is 4. The minimum atomic E-state index is -4.04. The third-order valence-electron chi connectivity index (χ3n) is 5.51. The van der Waals surface area contributed by atoms with E-state index in [0.29, 0.717) is 13.2 Å². The Bertz CT molecular complexity index is 289. The number of rotatable bonds is 16. The van der Waals surface area contributed by atoms with E-state index in [1.54, 1.807) is 0 Å². The first kappa shape index (κ1) is 26.2. The molecular weight excluding hydrogens is 428 g/mol. The first-order valence-corrected chi connectivity index (χ1v) is 19.7. The van der Waals surface area contributed by atoms with Crippen molar-refractivity contribution in [3.8, 4) is 0 Å². The van der Waals surface area contributed by atoms with E-state index in [1.807, 2.05) is 0 Å². The van der Waals surface area contributed by atoms with Crippen LogP contribution in [0.25, 0.3) is 0 Å². The second-order valence-corrected chi connectivity index (χ2v) is 23.2. The van der Waals surface area contributed by atoms with E-state index in [4.69, 9.17) is 10.6 Å². The molecule has 0 fully saturated rings. The molecule has 0 heterocycles. The molecule has 4 nitrogen and oxygen atoms in total. The average Bonchev–Trinajstić information content (AvgIpc) is 2.67. The van der Waals surface area contributed by atoms with E-state index >= 15 is 0 Å². The van der Waals surface area contributed by atoms with Gasteiger partial charge in [0.15, 0.2) is 0 Å². The molecule has 25 heavy (non-hydrogen) atoms. The van der Waals surface area contributed by atoms with Gasteiger partial charge in [-0.05, 0) is 0 Å². The van der Waals surface area contributed by atoms with E-state index in [1.165, 1.54) is 0 Å². The van der Waals surface area contributed by atoms with E-state index in [9.17, 15) is 0 Å². The quantitative estimate of drug-likeness (QED) is 0.235. The van der Waals surface area contributed by atoms with Crippen LogP contribution < -0.4 is 0 Å². The van der Waals surface area contributed by atoms with Crippen LogP contribution in [-0.2, 0) is 32.7 Å². The molecule has 7 heteroatoms. The monoisotopic (exact) mass is 470 g/mol. The SMILES string of the molecule is CCC[O][Zr]([O]CCC)([O][Si](CC)(CC)CC)[O][Si](CC)(CC)CC. The predicted octanol–water partition coefficient (Wildman–Crippen LogP) is 6.70. The summed E-state index contributed by atoms with van der Waals surface area (Å²) in [5.74, 6) is 0. The summed E-state index contributed by atoms with van der Waals surface area (Å²) < 4.78 is 26.7. The van der Waals surface area contributed by atoms with Crippen LogP contribution in [0.15, 0.2) is 0 Å². The van der Waals surface area contributed by atoms with Crippen molar-refractivity contribution in [1.82, 2.24) is 0 Å². The van der Waals surface area contributed by atoms with Crippen LogP contribution >= 0.6 is 0 Å². The molecule has 0 bridgehead atoms. The van der Waals surface area contributed by atoms with Gasteiger partial charge in [-0.2, -0.15) is 0 Å². The van der Waals surface area contributed by atoms with Crippen molar-refractivity contribution in [1.29, 1.82) is 0 Å². The zero-order valence-corrected chi connectivity index (χ0v) is 22.7. The summed E-state index contributed by atoms with van der Waals surface area (Å²) >= 11 is -4.04. The van der Waals surface area contributed by atoms with Crippen molar-refractivity contribution in [2.75, 3.05) is 13.2 Å². The zero-order chi connectivity index (χ0) is 19.4. The molecule has 0 radical (unpaired) electrons. The summed E-state index contributed by atoms with van der Waals surface area (Å²) in [5.41, 5.74) is 0. The van der Waals surface area contributed by atoms with Crippen molar-refractivity contribution >= 4 is 16.6 Å². The molecule has 0 unspecified atom stereocenters. The van der Waals surface area contributed by atoms with Gasteiger partial charge in [0, 0.05) is 0 Å².